The summed E-state index contributed by atoms with van der Waals surface area (Å²) >= 11 is 0. The minimum Gasteiger partial charge on any atom is -0.491 e. The van der Waals surface area contributed by atoms with Gasteiger partial charge in [0.1, 0.15) is 12.4 Å². The number of unbranched alkanes of at least 4 members (excludes halogenated alkanes) is 1. The third kappa shape index (κ3) is 5.49. The van der Waals surface area contributed by atoms with E-state index < -0.39 is 5.60 Å². The first-order valence-electron chi connectivity index (χ1n) is 13.5. The highest BCUT2D eigenvalue weighted by Gasteiger charge is 2.46. The Hall–Kier alpha value is -3.39. The number of H-pyrrole nitrogens is 1. The van der Waals surface area contributed by atoms with E-state index >= 15 is 0 Å². The maximum Gasteiger partial charge on any atom is 0.256 e. The van der Waals surface area contributed by atoms with E-state index in [0.717, 1.165) is 48.9 Å². The number of hydrogen-bond acceptors (Lipinski definition) is 5. The number of benzene rings is 2. The van der Waals surface area contributed by atoms with Gasteiger partial charge < -0.3 is 24.3 Å². The molecule has 3 heterocycles. The van der Waals surface area contributed by atoms with Crippen LogP contribution in [0.3, 0.4) is 0 Å². The van der Waals surface area contributed by atoms with Gasteiger partial charge in [-0.15, -0.1) is 0 Å². The number of nitrogens with one attached hydrogen (secondary N) is 1. The summed E-state index contributed by atoms with van der Waals surface area (Å²) in [6.07, 6.45) is 6.72. The smallest absolute Gasteiger partial charge is 0.256 e. The number of morpholine rings is 1. The first-order chi connectivity index (χ1) is 18.1. The number of imidazole rings is 1. The molecule has 8 heteroatoms. The third-order valence-electron chi connectivity index (χ3n) is 7.47. The molecule has 1 saturated heterocycles. The lowest BCUT2D eigenvalue weighted by atomic mass is 9.90. The van der Waals surface area contributed by atoms with Crippen molar-refractivity contribution in [2.75, 3.05) is 39.4 Å². The van der Waals surface area contributed by atoms with Crippen molar-refractivity contribution in [1.29, 1.82) is 0 Å². The van der Waals surface area contributed by atoms with E-state index in [-0.39, 0.29) is 18.4 Å². The summed E-state index contributed by atoms with van der Waals surface area (Å²) in [7, 11) is 0. The number of para-hydroxylation sites is 1. The van der Waals surface area contributed by atoms with Crippen LogP contribution in [0.2, 0.25) is 0 Å². The predicted molar refractivity (Wildman–Crippen MR) is 142 cm³/mol. The lowest BCUT2D eigenvalue weighted by Gasteiger charge is -2.44. The second-order valence-corrected chi connectivity index (χ2v) is 10.0. The number of hydrogen-bond donors (Lipinski definition) is 1. The molecule has 1 atom stereocenters. The predicted octanol–water partition coefficient (Wildman–Crippen LogP) is 4.21. The minimum absolute atomic E-state index is 0.0278. The Balaban J connectivity index is 1.40. The topological polar surface area (TPSA) is 87.8 Å². The van der Waals surface area contributed by atoms with Crippen molar-refractivity contribution in [2.24, 2.45) is 0 Å². The molecule has 8 nitrogen and oxygen atoms in total. The molecule has 3 aromatic rings. The van der Waals surface area contributed by atoms with Gasteiger partial charge in [0.15, 0.2) is 5.60 Å². The molecule has 0 bridgehead atoms. The van der Waals surface area contributed by atoms with Crippen LogP contribution in [0.15, 0.2) is 48.8 Å². The molecule has 1 aromatic heterocycles. The lowest BCUT2D eigenvalue weighted by molar-refractivity contribution is -0.170. The van der Waals surface area contributed by atoms with Crippen molar-refractivity contribution in [2.45, 2.75) is 51.0 Å². The Bertz CT molecular complexity index is 1240. The van der Waals surface area contributed by atoms with Crippen LogP contribution >= 0.6 is 0 Å². The van der Waals surface area contributed by atoms with Crippen LogP contribution in [-0.2, 0) is 16.0 Å². The van der Waals surface area contributed by atoms with E-state index in [4.69, 9.17) is 9.47 Å². The fraction of sp³-hybridized carbons (Fsp3) is 0.483. The molecule has 0 saturated carbocycles. The molecule has 1 fully saturated rings. The zero-order valence-electron chi connectivity index (χ0n) is 21.6. The Labute approximate surface area is 217 Å². The van der Waals surface area contributed by atoms with Gasteiger partial charge in [0, 0.05) is 18.7 Å². The van der Waals surface area contributed by atoms with Gasteiger partial charge in [-0.3, -0.25) is 9.59 Å². The normalized spacial score (nSPS) is 21.3. The first-order valence-corrected chi connectivity index (χ1v) is 13.5. The van der Waals surface area contributed by atoms with E-state index in [2.05, 4.69) is 23.0 Å². The molecule has 0 aliphatic carbocycles. The molecule has 37 heavy (non-hydrogen) atoms. The van der Waals surface area contributed by atoms with Crippen molar-refractivity contribution < 1.29 is 19.1 Å². The van der Waals surface area contributed by atoms with Gasteiger partial charge in [0.25, 0.3) is 11.8 Å². The van der Waals surface area contributed by atoms with Crippen molar-refractivity contribution in [3.8, 4) is 5.75 Å². The van der Waals surface area contributed by atoms with E-state index in [0.29, 0.717) is 44.8 Å². The summed E-state index contributed by atoms with van der Waals surface area (Å²) < 4.78 is 12.5. The summed E-state index contributed by atoms with van der Waals surface area (Å²) in [5, 5.41) is 0. The average Bonchev–Trinajstić information content (AvgIpc) is 3.40. The molecule has 2 aliphatic heterocycles. The Morgan fingerprint density at radius 1 is 1.14 bits per heavy atom. The third-order valence-corrected chi connectivity index (χ3v) is 7.47. The number of aromatic amines is 1. The number of aryl methyl sites for hydroxylation is 1. The van der Waals surface area contributed by atoms with Crippen LogP contribution in [0.4, 0.5) is 0 Å². The Kier molecular flexibility index (Phi) is 7.74. The van der Waals surface area contributed by atoms with Gasteiger partial charge in [-0.25, -0.2) is 4.98 Å². The maximum absolute atomic E-state index is 14.1. The van der Waals surface area contributed by atoms with Gasteiger partial charge in [0.05, 0.1) is 37.1 Å². The lowest BCUT2D eigenvalue weighted by Crippen LogP contribution is -2.62. The largest absolute Gasteiger partial charge is 0.491 e. The molecule has 2 amide bonds. The van der Waals surface area contributed by atoms with Crippen molar-refractivity contribution in [3.05, 3.63) is 59.9 Å². The van der Waals surface area contributed by atoms with Crippen LogP contribution in [0.1, 0.15) is 54.9 Å². The Morgan fingerprint density at radius 2 is 2.03 bits per heavy atom. The highest BCUT2D eigenvalue weighted by molar-refractivity contribution is 5.98. The molecule has 0 radical (unpaired) electrons. The molecule has 2 aliphatic rings. The van der Waals surface area contributed by atoms with Gasteiger partial charge >= 0.3 is 0 Å². The summed E-state index contributed by atoms with van der Waals surface area (Å²) in [5.74, 6) is 0.788. The number of rotatable bonds is 4. The number of amides is 2. The van der Waals surface area contributed by atoms with Crippen molar-refractivity contribution >= 4 is 22.8 Å². The Morgan fingerprint density at radius 3 is 2.92 bits per heavy atom. The highest BCUT2D eigenvalue weighted by atomic mass is 16.5. The summed E-state index contributed by atoms with van der Waals surface area (Å²) in [6, 6.07) is 13.6. The van der Waals surface area contributed by atoms with E-state index in [1.54, 1.807) is 17.3 Å². The molecular formula is C29H36N4O4. The minimum atomic E-state index is -1.04. The second-order valence-electron chi connectivity index (χ2n) is 10.0. The van der Waals surface area contributed by atoms with E-state index in [1.807, 2.05) is 35.2 Å². The van der Waals surface area contributed by atoms with Crippen LogP contribution in [-0.4, -0.2) is 76.6 Å². The number of carbonyl (C=O) groups is 2. The van der Waals surface area contributed by atoms with Gasteiger partial charge in [-0.2, -0.15) is 0 Å². The van der Waals surface area contributed by atoms with Crippen LogP contribution < -0.4 is 4.74 Å². The van der Waals surface area contributed by atoms with Crippen molar-refractivity contribution in [1.82, 2.24) is 19.8 Å². The van der Waals surface area contributed by atoms with Crippen LogP contribution in [0.5, 0.6) is 5.75 Å². The zero-order valence-corrected chi connectivity index (χ0v) is 21.6. The van der Waals surface area contributed by atoms with Crippen molar-refractivity contribution in [3.63, 3.8) is 0 Å². The fourth-order valence-corrected chi connectivity index (χ4v) is 5.39. The first kappa shape index (κ1) is 25.3. The summed E-state index contributed by atoms with van der Waals surface area (Å²) in [6.45, 7) is 4.74. The maximum atomic E-state index is 14.1. The number of carbonyl (C=O) groups excluding carboxylic acids is 2. The summed E-state index contributed by atoms with van der Waals surface area (Å²) in [5.41, 5.74) is 2.38. The molecule has 1 unspecified atom stereocenters. The molecule has 196 valence electrons. The quantitative estimate of drug-likeness (QED) is 0.575. The van der Waals surface area contributed by atoms with E-state index in [9.17, 15) is 9.59 Å². The monoisotopic (exact) mass is 504 g/mol. The zero-order chi connectivity index (χ0) is 25.7. The SMILES string of the molecule is CCCCN1CCOc2ccccc2CCCCC2(CN(C(=O)c3ccc4nc[nH]c4c3)CCO2)C1=O. The molecule has 1 N–H and O–H groups in total. The van der Waals surface area contributed by atoms with Crippen LogP contribution in [0.25, 0.3) is 11.0 Å². The highest BCUT2D eigenvalue weighted by Crippen LogP contribution is 2.30. The average molecular weight is 505 g/mol. The number of aromatic nitrogens is 2. The van der Waals surface area contributed by atoms with Crippen LogP contribution in [0, 0.1) is 0 Å². The number of fused-ring (bicyclic) bond motifs is 2. The van der Waals surface area contributed by atoms with Gasteiger partial charge in [-0.05, 0) is 61.9 Å². The molecular weight excluding hydrogens is 468 g/mol. The molecule has 5 rings (SSSR count). The summed E-state index contributed by atoms with van der Waals surface area (Å²) in [4.78, 5) is 38.7. The second kappa shape index (κ2) is 11.3. The number of nitrogens with zero attached hydrogens (tertiary/aromatic N) is 3. The van der Waals surface area contributed by atoms with Gasteiger partial charge in [0.2, 0.25) is 0 Å². The molecule has 1 spiro atoms. The molecule has 2 aromatic carbocycles. The van der Waals surface area contributed by atoms with Gasteiger partial charge in [-0.1, -0.05) is 31.5 Å². The number of ether oxygens (including phenoxy) is 2. The fourth-order valence-electron chi connectivity index (χ4n) is 5.39. The standard InChI is InChI=1S/C29H36N4O4/c1-2-3-14-32-15-17-36-26-10-5-4-8-22(26)9-6-7-13-29(28(32)35)20-33(16-18-37-29)27(34)23-11-12-24-25(19-23)31-21-30-24/h4-5,8,10-12,19,21H,2-3,6-7,9,13-18,20H2,1H3,(H,30,31). The van der Waals surface area contributed by atoms with E-state index in [1.165, 1.54) is 5.56 Å².